The quantitative estimate of drug-likeness (QED) is 0.777. The molecule has 1 aromatic heterocycles. The third-order valence-electron chi connectivity index (χ3n) is 2.89. The summed E-state index contributed by atoms with van der Waals surface area (Å²) in [6.45, 7) is 4.68. The lowest BCUT2D eigenvalue weighted by atomic mass is 10.1. The summed E-state index contributed by atoms with van der Waals surface area (Å²) in [6, 6.07) is 2.34. The van der Waals surface area contributed by atoms with Crippen LogP contribution in [-0.2, 0) is 6.42 Å². The van der Waals surface area contributed by atoms with Gasteiger partial charge in [-0.3, -0.25) is 4.68 Å². The van der Waals surface area contributed by atoms with Crippen molar-refractivity contribution in [3.8, 4) is 0 Å². The average molecular weight is 227 g/mol. The Kier molecular flexibility index (Phi) is 5.46. The molecule has 3 nitrogen and oxygen atoms in total. The Labute approximate surface area is 96.8 Å². The second kappa shape index (κ2) is 6.63. The fourth-order valence-electron chi connectivity index (χ4n) is 1.86. The van der Waals surface area contributed by atoms with E-state index in [1.165, 1.54) is 0 Å². The fraction of sp³-hybridized carbons (Fsp3) is 0.750. The molecule has 92 valence electrons. The molecule has 0 aliphatic carbocycles. The van der Waals surface area contributed by atoms with Gasteiger partial charge in [-0.25, -0.2) is 4.39 Å². The van der Waals surface area contributed by atoms with Crippen molar-refractivity contribution in [1.82, 2.24) is 9.78 Å². The largest absolute Gasteiger partial charge is 0.330 e. The van der Waals surface area contributed by atoms with E-state index >= 15 is 0 Å². The molecule has 0 radical (unpaired) electrons. The van der Waals surface area contributed by atoms with E-state index in [-0.39, 0.29) is 0 Å². The smallest absolute Gasteiger partial charge is 0.107 e. The molecule has 0 amide bonds. The Balaban J connectivity index is 2.57. The van der Waals surface area contributed by atoms with Crippen molar-refractivity contribution in [3.05, 3.63) is 18.0 Å². The topological polar surface area (TPSA) is 43.8 Å². The molecule has 0 aliphatic rings. The van der Waals surface area contributed by atoms with E-state index in [9.17, 15) is 4.39 Å². The Bertz CT molecular complexity index is 294. The summed E-state index contributed by atoms with van der Waals surface area (Å²) in [4.78, 5) is 0. The summed E-state index contributed by atoms with van der Waals surface area (Å²) in [7, 11) is 0. The molecule has 0 saturated heterocycles. The van der Waals surface area contributed by atoms with Gasteiger partial charge in [-0.1, -0.05) is 13.8 Å². The molecule has 0 fully saturated rings. The first-order chi connectivity index (χ1) is 7.71. The zero-order valence-corrected chi connectivity index (χ0v) is 10.2. The van der Waals surface area contributed by atoms with Crippen LogP contribution in [0.25, 0.3) is 0 Å². The highest BCUT2D eigenvalue weighted by Gasteiger charge is 2.11. The summed E-state index contributed by atoms with van der Waals surface area (Å²) in [5.74, 6) is 0. The van der Waals surface area contributed by atoms with Gasteiger partial charge in [-0.15, -0.1) is 0 Å². The molecule has 1 atom stereocenters. The van der Waals surface area contributed by atoms with Crippen molar-refractivity contribution in [2.45, 2.75) is 51.7 Å². The van der Waals surface area contributed by atoms with E-state index in [0.717, 1.165) is 18.5 Å². The molecule has 1 heterocycles. The van der Waals surface area contributed by atoms with E-state index in [0.29, 0.717) is 25.4 Å². The lowest BCUT2D eigenvalue weighted by molar-refractivity contribution is 0.312. The summed E-state index contributed by atoms with van der Waals surface area (Å²) in [5, 5.41) is 4.41. The number of alkyl halides is 1. The van der Waals surface area contributed by atoms with Crippen LogP contribution in [0.3, 0.4) is 0 Å². The van der Waals surface area contributed by atoms with Crippen molar-refractivity contribution in [2.75, 3.05) is 6.54 Å². The number of nitrogens with two attached hydrogens (primary N) is 1. The van der Waals surface area contributed by atoms with Crippen LogP contribution < -0.4 is 5.73 Å². The van der Waals surface area contributed by atoms with E-state index in [1.54, 1.807) is 0 Å². The molecule has 1 rings (SSSR count). The van der Waals surface area contributed by atoms with Crippen molar-refractivity contribution in [1.29, 1.82) is 0 Å². The predicted octanol–water partition coefficient (Wildman–Crippen LogP) is 2.47. The molecule has 0 aromatic carbocycles. The number of aromatic nitrogens is 2. The van der Waals surface area contributed by atoms with Gasteiger partial charge < -0.3 is 5.73 Å². The van der Waals surface area contributed by atoms with Crippen LogP contribution in [0.15, 0.2) is 12.3 Å². The maximum absolute atomic E-state index is 13.3. The van der Waals surface area contributed by atoms with Crippen LogP contribution in [0.4, 0.5) is 4.39 Å². The van der Waals surface area contributed by atoms with Gasteiger partial charge in [0, 0.05) is 12.6 Å². The Hall–Kier alpha value is -0.900. The maximum atomic E-state index is 13.3. The minimum atomic E-state index is -0.866. The standard InChI is InChI=1S/C12H22FN3/c1-3-12(4-2)16-8-6-11(15-16)9-10(13)5-7-14/h6,8,10,12H,3-5,7,9,14H2,1-2H3. The van der Waals surface area contributed by atoms with Crippen LogP contribution in [0.2, 0.25) is 0 Å². The summed E-state index contributed by atoms with van der Waals surface area (Å²) < 4.78 is 15.3. The first-order valence-electron chi connectivity index (χ1n) is 6.09. The lowest BCUT2D eigenvalue weighted by Crippen LogP contribution is -2.13. The molecule has 1 aromatic rings. The minimum absolute atomic E-state index is 0.379. The Morgan fingerprint density at radius 3 is 2.69 bits per heavy atom. The monoisotopic (exact) mass is 227 g/mol. The highest BCUT2D eigenvalue weighted by molar-refractivity contribution is 5.01. The van der Waals surface area contributed by atoms with Gasteiger partial charge in [0.05, 0.1) is 11.7 Å². The van der Waals surface area contributed by atoms with Crippen LogP contribution in [0.5, 0.6) is 0 Å². The summed E-state index contributed by atoms with van der Waals surface area (Å²) >= 11 is 0. The number of nitrogens with zero attached hydrogens (tertiary/aromatic N) is 2. The highest BCUT2D eigenvalue weighted by Crippen LogP contribution is 2.15. The van der Waals surface area contributed by atoms with Gasteiger partial charge in [0.25, 0.3) is 0 Å². The van der Waals surface area contributed by atoms with E-state index in [2.05, 4.69) is 18.9 Å². The maximum Gasteiger partial charge on any atom is 0.107 e. The molecule has 0 saturated carbocycles. The van der Waals surface area contributed by atoms with Crippen molar-refractivity contribution in [2.24, 2.45) is 5.73 Å². The zero-order valence-electron chi connectivity index (χ0n) is 10.2. The number of hydrogen-bond acceptors (Lipinski definition) is 2. The second-order valence-electron chi connectivity index (χ2n) is 4.14. The van der Waals surface area contributed by atoms with Crippen LogP contribution >= 0.6 is 0 Å². The van der Waals surface area contributed by atoms with Crippen LogP contribution in [0.1, 0.15) is 44.8 Å². The number of hydrogen-bond donors (Lipinski definition) is 1. The highest BCUT2D eigenvalue weighted by atomic mass is 19.1. The van der Waals surface area contributed by atoms with Gasteiger partial charge in [0.1, 0.15) is 6.17 Å². The second-order valence-corrected chi connectivity index (χ2v) is 4.14. The molecule has 4 heteroatoms. The predicted molar refractivity (Wildman–Crippen MR) is 64.1 cm³/mol. The van der Waals surface area contributed by atoms with Crippen molar-refractivity contribution < 1.29 is 4.39 Å². The SMILES string of the molecule is CCC(CC)n1ccc(CC(F)CCN)n1. The molecule has 2 N–H and O–H groups in total. The molecule has 1 unspecified atom stereocenters. The van der Waals surface area contributed by atoms with Gasteiger partial charge in [-0.05, 0) is 31.9 Å². The summed E-state index contributed by atoms with van der Waals surface area (Å²) in [6.07, 6.45) is 3.98. The summed E-state index contributed by atoms with van der Waals surface area (Å²) in [5.41, 5.74) is 6.14. The normalized spacial score (nSPS) is 13.3. The van der Waals surface area contributed by atoms with E-state index < -0.39 is 6.17 Å². The van der Waals surface area contributed by atoms with Crippen LogP contribution in [0, 0.1) is 0 Å². The minimum Gasteiger partial charge on any atom is -0.330 e. The molecule has 16 heavy (non-hydrogen) atoms. The Morgan fingerprint density at radius 1 is 1.44 bits per heavy atom. The molecule has 0 bridgehead atoms. The van der Waals surface area contributed by atoms with E-state index in [4.69, 9.17) is 5.73 Å². The lowest BCUT2D eigenvalue weighted by Gasteiger charge is -2.12. The first-order valence-corrected chi connectivity index (χ1v) is 6.09. The van der Waals surface area contributed by atoms with Crippen molar-refractivity contribution in [3.63, 3.8) is 0 Å². The third kappa shape index (κ3) is 3.59. The average Bonchev–Trinajstić information content (AvgIpc) is 2.68. The van der Waals surface area contributed by atoms with E-state index in [1.807, 2.05) is 16.9 Å². The number of halogens is 1. The molecular formula is C12H22FN3. The number of rotatable bonds is 7. The molecule has 0 aliphatic heterocycles. The fourth-order valence-corrected chi connectivity index (χ4v) is 1.86. The third-order valence-corrected chi connectivity index (χ3v) is 2.89. The first kappa shape index (κ1) is 13.2. The van der Waals surface area contributed by atoms with Gasteiger partial charge in [0.2, 0.25) is 0 Å². The molecule has 0 spiro atoms. The zero-order chi connectivity index (χ0) is 12.0. The van der Waals surface area contributed by atoms with Crippen LogP contribution in [-0.4, -0.2) is 22.5 Å². The van der Waals surface area contributed by atoms with Gasteiger partial charge in [-0.2, -0.15) is 5.10 Å². The van der Waals surface area contributed by atoms with Gasteiger partial charge >= 0.3 is 0 Å². The molecular weight excluding hydrogens is 205 g/mol. The van der Waals surface area contributed by atoms with Gasteiger partial charge in [0.15, 0.2) is 0 Å². The Morgan fingerprint density at radius 2 is 2.12 bits per heavy atom. The van der Waals surface area contributed by atoms with Crippen molar-refractivity contribution >= 4 is 0 Å².